The van der Waals surface area contributed by atoms with Gasteiger partial charge in [-0.1, -0.05) is 30.3 Å². The zero-order valence-electron chi connectivity index (χ0n) is 15.1. The van der Waals surface area contributed by atoms with E-state index in [-0.39, 0.29) is 5.91 Å². The number of rotatable bonds is 7. The second-order valence-electron chi connectivity index (χ2n) is 5.73. The highest BCUT2D eigenvalue weighted by Gasteiger charge is 2.10. The normalized spacial score (nSPS) is 10.7. The summed E-state index contributed by atoms with van der Waals surface area (Å²) < 4.78 is 12.2. The first kappa shape index (κ1) is 18.2. The Hall–Kier alpha value is -3.61. The fourth-order valence-electron chi connectivity index (χ4n) is 2.51. The van der Waals surface area contributed by atoms with E-state index in [1.165, 1.54) is 7.11 Å². The molecule has 0 aliphatic heterocycles. The van der Waals surface area contributed by atoms with Crippen LogP contribution >= 0.6 is 0 Å². The summed E-state index contributed by atoms with van der Waals surface area (Å²) in [7, 11) is 3.06. The van der Waals surface area contributed by atoms with Crippen molar-refractivity contribution in [2.75, 3.05) is 14.2 Å². The number of carbonyl (C=O) groups is 1. The summed E-state index contributed by atoms with van der Waals surface area (Å²) in [4.78, 5) is 12.2. The van der Waals surface area contributed by atoms with Crippen LogP contribution < -0.4 is 14.9 Å². The van der Waals surface area contributed by atoms with Gasteiger partial charge in [0.1, 0.15) is 0 Å². The van der Waals surface area contributed by atoms with Crippen molar-refractivity contribution in [2.45, 2.75) is 6.54 Å². The molecule has 1 aromatic heterocycles. The van der Waals surface area contributed by atoms with E-state index in [0.717, 1.165) is 11.1 Å². The number of benzene rings is 2. The van der Waals surface area contributed by atoms with Gasteiger partial charge in [-0.3, -0.25) is 9.48 Å². The van der Waals surface area contributed by atoms with Crippen molar-refractivity contribution in [1.29, 1.82) is 0 Å². The topological polar surface area (TPSA) is 77.7 Å². The number of hydrazone groups is 1. The summed E-state index contributed by atoms with van der Waals surface area (Å²) in [5.41, 5.74) is 4.86. The first-order valence-electron chi connectivity index (χ1n) is 8.31. The highest BCUT2D eigenvalue weighted by atomic mass is 16.5. The smallest absolute Gasteiger partial charge is 0.271 e. The van der Waals surface area contributed by atoms with Crippen LogP contribution in [-0.4, -0.2) is 36.1 Å². The lowest BCUT2D eigenvalue weighted by Gasteiger charge is -2.08. The monoisotopic (exact) mass is 364 g/mol. The van der Waals surface area contributed by atoms with E-state index < -0.39 is 0 Å². The zero-order valence-corrected chi connectivity index (χ0v) is 15.1. The molecule has 7 nitrogen and oxygen atoms in total. The predicted octanol–water partition coefficient (Wildman–Crippen LogP) is 2.71. The maximum atomic E-state index is 12.2. The van der Waals surface area contributed by atoms with Crippen LogP contribution in [-0.2, 0) is 6.54 Å². The van der Waals surface area contributed by atoms with Gasteiger partial charge >= 0.3 is 0 Å². The highest BCUT2D eigenvalue weighted by Crippen LogP contribution is 2.27. The molecule has 2 aromatic carbocycles. The average molecular weight is 364 g/mol. The van der Waals surface area contributed by atoms with E-state index in [0.29, 0.717) is 23.6 Å². The maximum Gasteiger partial charge on any atom is 0.271 e. The molecule has 1 heterocycles. The Morgan fingerprint density at radius 1 is 1.15 bits per heavy atom. The Labute approximate surface area is 157 Å². The van der Waals surface area contributed by atoms with Gasteiger partial charge < -0.3 is 9.47 Å². The molecule has 0 unspecified atom stereocenters. The summed E-state index contributed by atoms with van der Waals surface area (Å²) >= 11 is 0. The Bertz CT molecular complexity index is 935. The van der Waals surface area contributed by atoms with Crippen molar-refractivity contribution >= 4 is 12.1 Å². The third-order valence-electron chi connectivity index (χ3n) is 3.87. The van der Waals surface area contributed by atoms with Gasteiger partial charge in [0.25, 0.3) is 5.91 Å². The van der Waals surface area contributed by atoms with Crippen molar-refractivity contribution in [2.24, 2.45) is 5.10 Å². The fourth-order valence-corrected chi connectivity index (χ4v) is 2.51. The van der Waals surface area contributed by atoms with Gasteiger partial charge in [-0.15, -0.1) is 0 Å². The summed E-state index contributed by atoms with van der Waals surface area (Å²) in [6, 6.07) is 15.0. The van der Waals surface area contributed by atoms with Crippen LogP contribution in [0.25, 0.3) is 0 Å². The van der Waals surface area contributed by atoms with Crippen molar-refractivity contribution in [3.8, 4) is 11.5 Å². The number of nitrogens with one attached hydrogen (secondary N) is 1. The van der Waals surface area contributed by atoms with Crippen LogP contribution in [0, 0.1) is 0 Å². The molecule has 1 N–H and O–H groups in total. The number of nitrogens with zero attached hydrogens (tertiary/aromatic N) is 3. The number of amides is 1. The number of hydrogen-bond acceptors (Lipinski definition) is 5. The van der Waals surface area contributed by atoms with Gasteiger partial charge in [0.05, 0.1) is 33.2 Å². The minimum absolute atomic E-state index is 0.344. The number of aromatic nitrogens is 2. The van der Waals surface area contributed by atoms with E-state index in [1.807, 2.05) is 41.2 Å². The van der Waals surface area contributed by atoms with Crippen molar-refractivity contribution in [3.63, 3.8) is 0 Å². The molecule has 0 aliphatic carbocycles. The van der Waals surface area contributed by atoms with Gasteiger partial charge in [-0.2, -0.15) is 10.2 Å². The predicted molar refractivity (Wildman–Crippen MR) is 102 cm³/mol. The lowest BCUT2D eigenvalue weighted by Crippen LogP contribution is -2.17. The Balaban J connectivity index is 1.60. The minimum Gasteiger partial charge on any atom is -0.493 e. The standard InChI is InChI=1S/C20H20N4O3/c1-26-18-9-8-17(10-19(18)27-2)20(25)23-21-11-16-12-22-24(14-16)13-15-6-4-3-5-7-15/h3-12,14H,13H2,1-2H3,(H,23,25)/b21-11-. The molecule has 0 saturated heterocycles. The van der Waals surface area contributed by atoms with Crippen molar-refractivity contribution in [3.05, 3.63) is 77.6 Å². The van der Waals surface area contributed by atoms with E-state index in [4.69, 9.17) is 9.47 Å². The molecule has 138 valence electrons. The number of hydrogen-bond donors (Lipinski definition) is 1. The Morgan fingerprint density at radius 3 is 2.67 bits per heavy atom. The minimum atomic E-state index is -0.344. The van der Waals surface area contributed by atoms with Crippen molar-refractivity contribution in [1.82, 2.24) is 15.2 Å². The van der Waals surface area contributed by atoms with Crippen LogP contribution in [0.15, 0.2) is 66.0 Å². The zero-order chi connectivity index (χ0) is 19.1. The Morgan fingerprint density at radius 2 is 1.93 bits per heavy atom. The third-order valence-corrected chi connectivity index (χ3v) is 3.87. The third kappa shape index (κ3) is 4.72. The number of ether oxygens (including phenoxy) is 2. The van der Waals surface area contributed by atoms with Crippen LogP contribution in [0.1, 0.15) is 21.5 Å². The lowest BCUT2D eigenvalue weighted by atomic mass is 10.2. The summed E-state index contributed by atoms with van der Waals surface area (Å²) in [5.74, 6) is 0.698. The Kier molecular flexibility index (Phi) is 5.84. The van der Waals surface area contributed by atoms with Crippen LogP contribution in [0.5, 0.6) is 11.5 Å². The SMILES string of the molecule is COc1ccc(C(=O)N/N=C\c2cnn(Cc3ccccc3)c2)cc1OC. The number of methoxy groups -OCH3 is 2. The molecule has 0 radical (unpaired) electrons. The molecular formula is C20H20N4O3. The summed E-state index contributed by atoms with van der Waals surface area (Å²) in [6.45, 7) is 0.673. The molecule has 0 saturated carbocycles. The van der Waals surface area contributed by atoms with Crippen LogP contribution in [0.2, 0.25) is 0 Å². The molecule has 0 spiro atoms. The van der Waals surface area contributed by atoms with Gasteiger partial charge in [0, 0.05) is 17.3 Å². The first-order chi connectivity index (χ1) is 13.2. The van der Waals surface area contributed by atoms with Gasteiger partial charge in [-0.25, -0.2) is 5.43 Å². The largest absolute Gasteiger partial charge is 0.493 e. The van der Waals surface area contributed by atoms with E-state index in [2.05, 4.69) is 15.6 Å². The molecule has 7 heteroatoms. The summed E-state index contributed by atoms with van der Waals surface area (Å²) in [5, 5.41) is 8.28. The average Bonchev–Trinajstić information content (AvgIpc) is 3.15. The van der Waals surface area contributed by atoms with Gasteiger partial charge in [-0.05, 0) is 23.8 Å². The highest BCUT2D eigenvalue weighted by molar-refractivity contribution is 5.95. The second kappa shape index (κ2) is 8.66. The van der Waals surface area contributed by atoms with E-state index >= 15 is 0 Å². The summed E-state index contributed by atoms with van der Waals surface area (Å²) in [6.07, 6.45) is 5.10. The first-order valence-corrected chi connectivity index (χ1v) is 8.31. The number of carbonyl (C=O) groups excluding carboxylic acids is 1. The van der Waals surface area contributed by atoms with E-state index in [1.54, 1.807) is 37.7 Å². The fraction of sp³-hybridized carbons (Fsp3) is 0.150. The molecule has 0 atom stereocenters. The molecule has 27 heavy (non-hydrogen) atoms. The lowest BCUT2D eigenvalue weighted by molar-refractivity contribution is 0.0954. The molecule has 3 aromatic rings. The molecule has 0 bridgehead atoms. The van der Waals surface area contributed by atoms with Gasteiger partial charge in [0.2, 0.25) is 0 Å². The van der Waals surface area contributed by atoms with E-state index in [9.17, 15) is 4.79 Å². The molecule has 0 aliphatic rings. The molecule has 3 rings (SSSR count). The molecule has 0 fully saturated rings. The molecular weight excluding hydrogens is 344 g/mol. The quantitative estimate of drug-likeness (QED) is 0.516. The van der Waals surface area contributed by atoms with Gasteiger partial charge in [0.15, 0.2) is 11.5 Å². The maximum absolute atomic E-state index is 12.2. The van der Waals surface area contributed by atoms with Crippen LogP contribution in [0.4, 0.5) is 0 Å². The molecule has 1 amide bonds. The second-order valence-corrected chi connectivity index (χ2v) is 5.73. The van der Waals surface area contributed by atoms with Crippen LogP contribution in [0.3, 0.4) is 0 Å². The van der Waals surface area contributed by atoms with Crippen molar-refractivity contribution < 1.29 is 14.3 Å².